The second-order valence-corrected chi connectivity index (χ2v) is 6.45. The normalized spacial score (nSPS) is 10.9. The molecule has 0 unspecified atom stereocenters. The van der Waals surface area contributed by atoms with Crippen molar-refractivity contribution < 1.29 is 0 Å². The average molecular weight is 299 g/mol. The third-order valence-corrected chi connectivity index (χ3v) is 4.19. The van der Waals surface area contributed by atoms with Gasteiger partial charge >= 0.3 is 0 Å². The monoisotopic (exact) mass is 299 g/mol. The number of benzene rings is 3. The van der Waals surface area contributed by atoms with Crippen LogP contribution in [-0.2, 0) is 12.8 Å². The molecule has 0 radical (unpaired) electrons. The molecule has 114 valence electrons. The maximum absolute atomic E-state index is 9.02. The minimum atomic E-state index is 0.452. The molecule has 0 heterocycles. The lowest BCUT2D eigenvalue weighted by molar-refractivity contribution is 0.647. The van der Waals surface area contributed by atoms with Gasteiger partial charge in [0.1, 0.15) is 0 Å². The van der Waals surface area contributed by atoms with E-state index in [-0.39, 0.29) is 0 Å². The van der Waals surface area contributed by atoms with Crippen molar-refractivity contribution in [1.29, 1.82) is 5.26 Å². The van der Waals surface area contributed by atoms with Crippen molar-refractivity contribution in [2.75, 3.05) is 0 Å². The fraction of sp³-hybridized carbons (Fsp3) is 0.227. The molecule has 23 heavy (non-hydrogen) atoms. The summed E-state index contributed by atoms with van der Waals surface area (Å²) in [5.41, 5.74) is 4.95. The van der Waals surface area contributed by atoms with Gasteiger partial charge in [0, 0.05) is 0 Å². The van der Waals surface area contributed by atoms with Crippen molar-refractivity contribution in [2.24, 2.45) is 5.92 Å². The third kappa shape index (κ3) is 3.27. The number of hydrogen-bond donors (Lipinski definition) is 0. The summed E-state index contributed by atoms with van der Waals surface area (Å²) >= 11 is 0. The summed E-state index contributed by atoms with van der Waals surface area (Å²) in [6.45, 7) is 4.49. The molecular formula is C22H21N. The van der Waals surface area contributed by atoms with Gasteiger partial charge in [-0.3, -0.25) is 0 Å². The topological polar surface area (TPSA) is 23.8 Å². The first kappa shape index (κ1) is 15.3. The third-order valence-electron chi connectivity index (χ3n) is 4.19. The summed E-state index contributed by atoms with van der Waals surface area (Å²) in [5, 5.41) is 11.4. The van der Waals surface area contributed by atoms with Gasteiger partial charge < -0.3 is 0 Å². The Morgan fingerprint density at radius 3 is 2.26 bits per heavy atom. The zero-order chi connectivity index (χ0) is 16.2. The van der Waals surface area contributed by atoms with Crippen LogP contribution in [0.5, 0.6) is 0 Å². The van der Waals surface area contributed by atoms with Crippen LogP contribution in [0, 0.1) is 17.2 Å². The highest BCUT2D eigenvalue weighted by atomic mass is 14.2. The zero-order valence-electron chi connectivity index (χ0n) is 13.7. The summed E-state index contributed by atoms with van der Waals surface area (Å²) in [5.74, 6) is 0.673. The summed E-state index contributed by atoms with van der Waals surface area (Å²) < 4.78 is 0. The van der Waals surface area contributed by atoms with Crippen LogP contribution >= 0.6 is 0 Å². The summed E-state index contributed by atoms with van der Waals surface area (Å²) in [6, 6.07) is 23.7. The summed E-state index contributed by atoms with van der Waals surface area (Å²) in [4.78, 5) is 0. The lowest BCUT2D eigenvalue weighted by Gasteiger charge is -2.11. The Morgan fingerprint density at radius 1 is 0.870 bits per heavy atom. The maximum atomic E-state index is 9.02. The zero-order valence-corrected chi connectivity index (χ0v) is 13.7. The fourth-order valence-corrected chi connectivity index (χ4v) is 3.16. The van der Waals surface area contributed by atoms with Gasteiger partial charge in [-0.1, -0.05) is 74.5 Å². The molecule has 3 aromatic carbocycles. The minimum absolute atomic E-state index is 0.452. The van der Waals surface area contributed by atoms with Gasteiger partial charge in [0.25, 0.3) is 0 Å². The number of nitriles is 1. The molecule has 0 aliphatic heterocycles. The lowest BCUT2D eigenvalue weighted by atomic mass is 9.93. The molecule has 1 nitrogen and oxygen atoms in total. The predicted octanol–water partition coefficient (Wildman–Crippen LogP) is 5.77. The van der Waals surface area contributed by atoms with Gasteiger partial charge in [-0.05, 0) is 45.4 Å². The number of fused-ring (bicyclic) bond motifs is 1. The highest BCUT2D eigenvalue weighted by Gasteiger charge is 2.07. The molecule has 3 aromatic rings. The summed E-state index contributed by atoms with van der Waals surface area (Å²) in [6.07, 6.45) is 1.57. The van der Waals surface area contributed by atoms with E-state index >= 15 is 0 Å². The fourth-order valence-electron chi connectivity index (χ4n) is 3.16. The molecule has 0 atom stereocenters. The van der Waals surface area contributed by atoms with Crippen molar-refractivity contribution in [2.45, 2.75) is 26.7 Å². The van der Waals surface area contributed by atoms with Crippen molar-refractivity contribution in [3.8, 4) is 17.2 Å². The van der Waals surface area contributed by atoms with Gasteiger partial charge in [0.05, 0.1) is 12.5 Å². The van der Waals surface area contributed by atoms with Gasteiger partial charge in [-0.25, -0.2) is 0 Å². The minimum Gasteiger partial charge on any atom is -0.198 e. The number of nitrogens with zero attached hydrogens (tertiary/aromatic N) is 1. The standard InChI is InChI=1S/C22H21N/c1-16(2)15-17-9-11-19(12-10-17)21-7-4-6-20-18(13-14-23)5-3-8-22(20)21/h3-12,16H,13,15H2,1-2H3. The Bertz CT molecular complexity index is 851. The Kier molecular flexibility index (Phi) is 4.44. The van der Waals surface area contributed by atoms with Crippen LogP contribution in [0.1, 0.15) is 25.0 Å². The van der Waals surface area contributed by atoms with Crippen molar-refractivity contribution >= 4 is 10.8 Å². The Labute approximate surface area is 138 Å². The first-order chi connectivity index (χ1) is 11.2. The van der Waals surface area contributed by atoms with Crippen LogP contribution < -0.4 is 0 Å². The van der Waals surface area contributed by atoms with Crippen LogP contribution in [0.4, 0.5) is 0 Å². The molecule has 0 aromatic heterocycles. The quantitative estimate of drug-likeness (QED) is 0.600. The largest absolute Gasteiger partial charge is 0.198 e. The Morgan fingerprint density at radius 2 is 1.57 bits per heavy atom. The average Bonchev–Trinajstić information content (AvgIpc) is 2.55. The van der Waals surface area contributed by atoms with Crippen molar-refractivity contribution in [3.63, 3.8) is 0 Å². The van der Waals surface area contributed by atoms with Crippen LogP contribution in [0.25, 0.3) is 21.9 Å². The first-order valence-electron chi connectivity index (χ1n) is 8.16. The Balaban J connectivity index is 2.06. The second kappa shape index (κ2) is 6.67. The highest BCUT2D eigenvalue weighted by Crippen LogP contribution is 2.31. The molecular weight excluding hydrogens is 278 g/mol. The van der Waals surface area contributed by atoms with E-state index in [0.717, 1.165) is 12.0 Å². The molecule has 0 aliphatic rings. The van der Waals surface area contributed by atoms with E-state index in [1.54, 1.807) is 0 Å². The van der Waals surface area contributed by atoms with Gasteiger partial charge in [0.2, 0.25) is 0 Å². The van der Waals surface area contributed by atoms with E-state index in [1.807, 2.05) is 12.1 Å². The van der Waals surface area contributed by atoms with Crippen LogP contribution in [0.2, 0.25) is 0 Å². The highest BCUT2D eigenvalue weighted by molar-refractivity contribution is 5.98. The molecule has 0 fully saturated rings. The van der Waals surface area contributed by atoms with E-state index in [1.165, 1.54) is 27.5 Å². The lowest BCUT2D eigenvalue weighted by Crippen LogP contribution is -1.93. The number of rotatable bonds is 4. The predicted molar refractivity (Wildman–Crippen MR) is 97.2 cm³/mol. The first-order valence-corrected chi connectivity index (χ1v) is 8.16. The van der Waals surface area contributed by atoms with E-state index in [2.05, 4.69) is 68.4 Å². The number of hydrogen-bond acceptors (Lipinski definition) is 1. The molecule has 0 N–H and O–H groups in total. The molecule has 3 rings (SSSR count). The molecule has 1 heteroatoms. The molecule has 0 bridgehead atoms. The molecule has 0 aliphatic carbocycles. The van der Waals surface area contributed by atoms with Crippen molar-refractivity contribution in [1.82, 2.24) is 0 Å². The second-order valence-electron chi connectivity index (χ2n) is 6.45. The van der Waals surface area contributed by atoms with E-state index in [9.17, 15) is 0 Å². The SMILES string of the molecule is CC(C)Cc1ccc(-c2cccc3c(CC#N)cccc23)cc1. The van der Waals surface area contributed by atoms with E-state index < -0.39 is 0 Å². The van der Waals surface area contributed by atoms with Crippen LogP contribution in [0.15, 0.2) is 60.7 Å². The molecule has 0 amide bonds. The van der Waals surface area contributed by atoms with Crippen molar-refractivity contribution in [3.05, 3.63) is 71.8 Å². The summed E-state index contributed by atoms with van der Waals surface area (Å²) in [7, 11) is 0. The van der Waals surface area contributed by atoms with Crippen LogP contribution in [-0.4, -0.2) is 0 Å². The molecule has 0 saturated carbocycles. The van der Waals surface area contributed by atoms with E-state index in [0.29, 0.717) is 12.3 Å². The van der Waals surface area contributed by atoms with Gasteiger partial charge in [-0.2, -0.15) is 5.26 Å². The maximum Gasteiger partial charge on any atom is 0.0669 e. The molecule has 0 spiro atoms. The van der Waals surface area contributed by atoms with E-state index in [4.69, 9.17) is 5.26 Å². The molecule has 0 saturated heterocycles. The van der Waals surface area contributed by atoms with Gasteiger partial charge in [0.15, 0.2) is 0 Å². The van der Waals surface area contributed by atoms with Crippen LogP contribution in [0.3, 0.4) is 0 Å². The smallest absolute Gasteiger partial charge is 0.0669 e. The Hall–Kier alpha value is -2.59. The van der Waals surface area contributed by atoms with Gasteiger partial charge in [-0.15, -0.1) is 0 Å².